The minimum atomic E-state index is -3.49. The number of aromatic nitrogens is 1. The highest BCUT2D eigenvalue weighted by molar-refractivity contribution is 7.89. The number of rotatable bonds is 9. The maximum Gasteiger partial charge on any atom is 0.338 e. The molecule has 3 N–H and O–H groups in total. The van der Waals surface area contributed by atoms with E-state index in [0.29, 0.717) is 47.8 Å². The number of aliphatic hydroxyl groups excluding tert-OH is 1. The lowest BCUT2D eigenvalue weighted by atomic mass is 9.80. The first kappa shape index (κ1) is 27.6. The number of carbonyl (C=O) groups is 1. The molecule has 2 aromatic rings. The molecule has 0 bridgehead atoms. The van der Waals surface area contributed by atoms with E-state index in [-0.39, 0.29) is 41.3 Å². The average Bonchev–Trinajstić information content (AvgIpc) is 3.42. The molecule has 1 atom stereocenters. The lowest BCUT2D eigenvalue weighted by Crippen LogP contribution is -2.42. The Morgan fingerprint density at radius 3 is 2.70 bits per heavy atom. The fourth-order valence-corrected chi connectivity index (χ4v) is 6.92. The number of hydrogen-bond acceptors (Lipinski definition) is 9. The van der Waals surface area contributed by atoms with E-state index in [0.717, 1.165) is 0 Å². The standard InChI is InChI=1S/C24H28ClFN4O5S2/c1-35-24(32)19-20(14-3-6-16(7-4-14)30-37(33,34)12-2-10-31)28-22(23-27-9-11-36-23)29-21(19)17-8-5-15(26)13-18(17)25/h5,8-9,11,13-14,16,21,30-31H,2-4,6-7,10,12H2,1H3,(H,28,29). The first-order valence-corrected chi connectivity index (χ1v) is 14.8. The summed E-state index contributed by atoms with van der Waals surface area (Å²) in [5.41, 5.74) is 1.36. The molecule has 1 aromatic heterocycles. The van der Waals surface area contributed by atoms with E-state index in [1.54, 1.807) is 6.20 Å². The zero-order chi connectivity index (χ0) is 26.6. The number of sulfonamides is 1. The van der Waals surface area contributed by atoms with Crippen molar-refractivity contribution in [2.45, 2.75) is 44.2 Å². The summed E-state index contributed by atoms with van der Waals surface area (Å²) in [6.07, 6.45) is 4.16. The molecular formula is C24H28ClFN4O5S2. The van der Waals surface area contributed by atoms with Gasteiger partial charge in [-0.3, -0.25) is 4.99 Å². The lowest BCUT2D eigenvalue weighted by Gasteiger charge is -2.35. The molecule has 4 rings (SSSR count). The quantitative estimate of drug-likeness (QED) is 0.394. The van der Waals surface area contributed by atoms with Gasteiger partial charge in [-0.1, -0.05) is 17.7 Å². The van der Waals surface area contributed by atoms with Gasteiger partial charge in [0.1, 0.15) is 11.9 Å². The summed E-state index contributed by atoms with van der Waals surface area (Å²) in [5, 5.41) is 14.8. The van der Waals surface area contributed by atoms with Crippen LogP contribution < -0.4 is 10.0 Å². The van der Waals surface area contributed by atoms with Gasteiger partial charge < -0.3 is 15.2 Å². The summed E-state index contributed by atoms with van der Waals surface area (Å²) in [6, 6.07) is 2.88. The third kappa shape index (κ3) is 6.55. The van der Waals surface area contributed by atoms with Crippen LogP contribution in [0.4, 0.5) is 4.39 Å². The molecule has 2 heterocycles. The van der Waals surface area contributed by atoms with Crippen LogP contribution in [0.15, 0.2) is 46.0 Å². The van der Waals surface area contributed by atoms with Crippen LogP contribution >= 0.6 is 22.9 Å². The molecule has 1 aliphatic heterocycles. The minimum absolute atomic E-state index is 0.112. The number of halogens is 2. The Labute approximate surface area is 223 Å². The minimum Gasteiger partial charge on any atom is -0.466 e. The van der Waals surface area contributed by atoms with Crippen molar-refractivity contribution in [1.29, 1.82) is 0 Å². The van der Waals surface area contributed by atoms with Gasteiger partial charge in [0.15, 0.2) is 10.8 Å². The Morgan fingerprint density at radius 2 is 2.08 bits per heavy atom. The van der Waals surface area contributed by atoms with Crippen molar-refractivity contribution < 1.29 is 27.4 Å². The predicted octanol–water partition coefficient (Wildman–Crippen LogP) is 3.31. The number of nitrogens with zero attached hydrogens (tertiary/aromatic N) is 2. The van der Waals surface area contributed by atoms with Crippen molar-refractivity contribution in [3.63, 3.8) is 0 Å². The molecule has 1 fully saturated rings. The molecule has 0 radical (unpaired) electrons. The molecular weight excluding hydrogens is 543 g/mol. The summed E-state index contributed by atoms with van der Waals surface area (Å²) in [4.78, 5) is 22.2. The molecule has 1 aliphatic carbocycles. The summed E-state index contributed by atoms with van der Waals surface area (Å²) in [5.74, 6) is -0.859. The van der Waals surface area contributed by atoms with Gasteiger partial charge in [-0.2, -0.15) is 0 Å². The summed E-state index contributed by atoms with van der Waals surface area (Å²) in [7, 11) is -2.20. The van der Waals surface area contributed by atoms with Gasteiger partial charge in [0.25, 0.3) is 0 Å². The number of carbonyl (C=O) groups excluding carboxylic acids is 1. The van der Waals surface area contributed by atoms with E-state index >= 15 is 0 Å². The number of aliphatic imine (C=N–C) groups is 1. The Balaban J connectivity index is 1.67. The molecule has 0 spiro atoms. The number of allylic oxidation sites excluding steroid dienone is 1. The molecule has 13 heteroatoms. The fourth-order valence-electron chi connectivity index (χ4n) is 4.69. The molecule has 200 valence electrons. The Hall–Kier alpha value is -2.38. The number of ether oxygens (including phenoxy) is 1. The number of methoxy groups -OCH3 is 1. The van der Waals surface area contributed by atoms with Crippen LogP contribution in [0.25, 0.3) is 0 Å². The monoisotopic (exact) mass is 570 g/mol. The molecule has 37 heavy (non-hydrogen) atoms. The van der Waals surface area contributed by atoms with Crippen LogP contribution in [0.3, 0.4) is 0 Å². The second-order valence-corrected chi connectivity index (χ2v) is 12.1. The van der Waals surface area contributed by atoms with E-state index in [4.69, 9.17) is 26.4 Å². The number of hydrogen-bond donors (Lipinski definition) is 3. The highest BCUT2D eigenvalue weighted by Gasteiger charge is 2.38. The third-order valence-corrected chi connectivity index (χ3v) is 9.05. The van der Waals surface area contributed by atoms with Gasteiger partial charge in [0, 0.05) is 40.5 Å². The van der Waals surface area contributed by atoms with Gasteiger partial charge in [0.05, 0.1) is 18.4 Å². The van der Waals surface area contributed by atoms with Crippen molar-refractivity contribution >= 4 is 44.8 Å². The van der Waals surface area contributed by atoms with E-state index in [2.05, 4.69) is 15.0 Å². The summed E-state index contributed by atoms with van der Waals surface area (Å²) < 4.78 is 46.2. The molecule has 1 aromatic carbocycles. The predicted molar refractivity (Wildman–Crippen MR) is 139 cm³/mol. The van der Waals surface area contributed by atoms with Crippen molar-refractivity contribution in [1.82, 2.24) is 15.0 Å². The molecule has 9 nitrogen and oxygen atoms in total. The van der Waals surface area contributed by atoms with Crippen molar-refractivity contribution in [3.8, 4) is 0 Å². The van der Waals surface area contributed by atoms with Crippen molar-refractivity contribution in [2.24, 2.45) is 10.9 Å². The smallest absolute Gasteiger partial charge is 0.338 e. The SMILES string of the molecule is COC(=O)C1=C(C2CCC(NS(=O)(=O)CCCO)CC2)NC(c2nccs2)=NC1c1ccc(F)cc1Cl. The van der Waals surface area contributed by atoms with Gasteiger partial charge in [0.2, 0.25) is 10.0 Å². The fraction of sp³-hybridized carbons (Fsp3) is 0.458. The molecule has 1 saturated carbocycles. The zero-order valence-corrected chi connectivity index (χ0v) is 22.5. The van der Waals surface area contributed by atoms with Gasteiger partial charge in [-0.15, -0.1) is 11.3 Å². The van der Waals surface area contributed by atoms with Gasteiger partial charge in [-0.25, -0.2) is 27.3 Å². The van der Waals surface area contributed by atoms with Crippen LogP contribution in [0.2, 0.25) is 5.02 Å². The Bertz CT molecular complexity index is 1290. The number of thiazole rings is 1. The molecule has 2 aliphatic rings. The second kappa shape index (κ2) is 12.0. The average molecular weight is 571 g/mol. The number of amidine groups is 1. The number of benzene rings is 1. The number of nitrogens with one attached hydrogen (secondary N) is 2. The zero-order valence-electron chi connectivity index (χ0n) is 20.1. The van der Waals surface area contributed by atoms with Gasteiger partial charge >= 0.3 is 5.97 Å². The van der Waals surface area contributed by atoms with E-state index in [9.17, 15) is 17.6 Å². The van der Waals surface area contributed by atoms with Crippen molar-refractivity contribution in [3.05, 3.63) is 62.5 Å². The topological polar surface area (TPSA) is 130 Å². The van der Waals surface area contributed by atoms with Crippen LogP contribution in [0.5, 0.6) is 0 Å². The Kier molecular flexibility index (Phi) is 8.96. The highest BCUT2D eigenvalue weighted by atomic mass is 35.5. The van der Waals surface area contributed by atoms with Crippen LogP contribution in [-0.2, 0) is 19.6 Å². The molecule has 0 saturated heterocycles. The van der Waals surface area contributed by atoms with E-state index in [1.807, 2.05) is 5.38 Å². The maximum atomic E-state index is 13.8. The van der Waals surface area contributed by atoms with Crippen LogP contribution in [-0.4, -0.2) is 55.8 Å². The van der Waals surface area contributed by atoms with Gasteiger partial charge in [-0.05, 0) is 50.2 Å². The summed E-state index contributed by atoms with van der Waals surface area (Å²) in [6.45, 7) is -0.188. The first-order chi connectivity index (χ1) is 17.7. The Morgan fingerprint density at radius 1 is 1.32 bits per heavy atom. The molecule has 1 unspecified atom stereocenters. The van der Waals surface area contributed by atoms with E-state index < -0.39 is 27.9 Å². The largest absolute Gasteiger partial charge is 0.466 e. The van der Waals surface area contributed by atoms with Crippen LogP contribution in [0, 0.1) is 11.7 Å². The second-order valence-electron chi connectivity index (χ2n) is 8.89. The normalized spacial score (nSPS) is 22.4. The van der Waals surface area contributed by atoms with E-state index in [1.165, 1.54) is 36.6 Å². The number of aliphatic hydroxyl groups is 1. The maximum absolute atomic E-state index is 13.8. The molecule has 0 amide bonds. The highest BCUT2D eigenvalue weighted by Crippen LogP contribution is 2.41. The lowest BCUT2D eigenvalue weighted by molar-refractivity contribution is -0.136. The van der Waals surface area contributed by atoms with Crippen molar-refractivity contribution in [2.75, 3.05) is 19.5 Å². The summed E-state index contributed by atoms with van der Waals surface area (Å²) >= 11 is 7.78. The third-order valence-electron chi connectivity index (χ3n) is 6.43. The first-order valence-electron chi connectivity index (χ1n) is 11.8. The van der Waals surface area contributed by atoms with Crippen LogP contribution in [0.1, 0.15) is 48.7 Å². The number of esters is 1.